The molecule has 4 nitrogen and oxygen atoms in total. The number of carbonyl (C=O) groups is 1. The molecule has 0 heterocycles. The first-order valence-electron chi connectivity index (χ1n) is 5.16. The Morgan fingerprint density at radius 3 is 2.31 bits per heavy atom. The molecule has 2 aliphatic carbocycles. The summed E-state index contributed by atoms with van der Waals surface area (Å²) in [5, 5.41) is 0. The fourth-order valence-electron chi connectivity index (χ4n) is 3.41. The molecular formula is C10H15NaO4S. The van der Waals surface area contributed by atoms with Gasteiger partial charge in [0, 0.05) is 11.8 Å². The van der Waals surface area contributed by atoms with Crippen molar-refractivity contribution in [3.8, 4) is 0 Å². The molecule has 2 unspecified atom stereocenters. The number of fused-ring (bicyclic) bond motifs is 2. The molecular weight excluding hydrogens is 239 g/mol. The second-order valence-corrected chi connectivity index (χ2v) is 6.77. The zero-order chi connectivity index (χ0) is 11.5. The van der Waals surface area contributed by atoms with Gasteiger partial charge in [-0.05, 0) is 24.2 Å². The van der Waals surface area contributed by atoms with Crippen molar-refractivity contribution in [3.05, 3.63) is 0 Å². The van der Waals surface area contributed by atoms with Crippen molar-refractivity contribution in [1.82, 2.24) is 0 Å². The quantitative estimate of drug-likeness (QED) is 0.419. The van der Waals surface area contributed by atoms with Crippen LogP contribution in [0.4, 0.5) is 0 Å². The molecule has 0 aliphatic heterocycles. The van der Waals surface area contributed by atoms with Crippen molar-refractivity contribution in [3.63, 3.8) is 0 Å². The van der Waals surface area contributed by atoms with Gasteiger partial charge < -0.3 is 4.55 Å². The molecule has 0 saturated heterocycles. The van der Waals surface area contributed by atoms with Gasteiger partial charge in [0.25, 0.3) is 0 Å². The Labute approximate surface area is 118 Å². The van der Waals surface area contributed by atoms with Crippen molar-refractivity contribution in [1.29, 1.82) is 0 Å². The molecule has 0 aromatic carbocycles. The number of ketones is 1. The Hall–Kier alpha value is 0.580. The minimum Gasteiger partial charge on any atom is -0.748 e. The minimum atomic E-state index is -4.33. The molecule has 2 saturated carbocycles. The van der Waals surface area contributed by atoms with E-state index < -0.39 is 21.3 Å². The summed E-state index contributed by atoms with van der Waals surface area (Å²) in [4.78, 5) is 11.8. The third kappa shape index (κ3) is 1.90. The van der Waals surface area contributed by atoms with Gasteiger partial charge in [-0.15, -0.1) is 0 Å². The molecule has 0 aromatic rings. The summed E-state index contributed by atoms with van der Waals surface area (Å²) >= 11 is 0. The summed E-state index contributed by atoms with van der Waals surface area (Å²) in [7, 11) is -4.33. The largest absolute Gasteiger partial charge is 1.00 e. The van der Waals surface area contributed by atoms with Crippen LogP contribution in [0.3, 0.4) is 0 Å². The zero-order valence-electron chi connectivity index (χ0n) is 9.95. The van der Waals surface area contributed by atoms with Crippen LogP contribution in [0.5, 0.6) is 0 Å². The van der Waals surface area contributed by atoms with Crippen LogP contribution in [0.1, 0.15) is 33.1 Å². The monoisotopic (exact) mass is 254 g/mol. The van der Waals surface area contributed by atoms with Crippen molar-refractivity contribution >= 4 is 15.9 Å². The van der Waals surface area contributed by atoms with E-state index in [0.29, 0.717) is 12.8 Å². The molecule has 2 aliphatic rings. The molecule has 2 bridgehead atoms. The maximum absolute atomic E-state index is 11.8. The van der Waals surface area contributed by atoms with Gasteiger partial charge in [-0.1, -0.05) is 13.8 Å². The van der Waals surface area contributed by atoms with Crippen molar-refractivity contribution in [2.45, 2.75) is 33.1 Å². The standard InChI is InChI=1S/C10H16O4S.Na/c1-9(2)7-3-4-10(9,8(11)5-7)6-15(12,13)14;/h7H,3-6H2,1-2H3,(H,12,13,14);/q;+1/p-1. The molecule has 16 heavy (non-hydrogen) atoms. The van der Waals surface area contributed by atoms with Crippen LogP contribution < -0.4 is 29.6 Å². The summed E-state index contributed by atoms with van der Waals surface area (Å²) < 4.78 is 32.7. The van der Waals surface area contributed by atoms with Crippen LogP contribution in [0.25, 0.3) is 0 Å². The predicted octanol–water partition coefficient (Wildman–Crippen LogP) is -2.07. The van der Waals surface area contributed by atoms with Crippen LogP contribution in [0, 0.1) is 16.7 Å². The summed E-state index contributed by atoms with van der Waals surface area (Å²) in [5.74, 6) is -0.280. The summed E-state index contributed by atoms with van der Waals surface area (Å²) in [6, 6.07) is 0. The SMILES string of the molecule is CC1(C)C2CCC1(CS(=O)(=O)[O-])C(=O)C2.[Na+]. The van der Waals surface area contributed by atoms with Gasteiger partial charge >= 0.3 is 29.6 Å². The predicted molar refractivity (Wildman–Crippen MR) is 53.1 cm³/mol. The van der Waals surface area contributed by atoms with E-state index in [1.807, 2.05) is 13.8 Å². The third-order valence-electron chi connectivity index (χ3n) is 4.56. The third-order valence-corrected chi connectivity index (χ3v) is 5.41. The van der Waals surface area contributed by atoms with Crippen molar-refractivity contribution in [2.24, 2.45) is 16.7 Å². The van der Waals surface area contributed by atoms with E-state index in [4.69, 9.17) is 0 Å². The first kappa shape index (κ1) is 14.6. The van der Waals surface area contributed by atoms with E-state index in [1.165, 1.54) is 0 Å². The average molecular weight is 254 g/mol. The van der Waals surface area contributed by atoms with Crippen LogP contribution in [0.15, 0.2) is 0 Å². The van der Waals surface area contributed by atoms with Crippen LogP contribution in [-0.2, 0) is 14.9 Å². The van der Waals surface area contributed by atoms with Gasteiger partial charge in [-0.3, -0.25) is 4.79 Å². The van der Waals surface area contributed by atoms with Gasteiger partial charge in [-0.2, -0.15) is 0 Å². The maximum atomic E-state index is 11.8. The van der Waals surface area contributed by atoms with Crippen LogP contribution in [-0.4, -0.2) is 24.5 Å². The Kier molecular flexibility index (Phi) is 3.71. The maximum Gasteiger partial charge on any atom is 1.00 e. The van der Waals surface area contributed by atoms with E-state index in [1.54, 1.807) is 0 Å². The summed E-state index contributed by atoms with van der Waals surface area (Å²) in [6.07, 6.45) is 1.88. The van der Waals surface area contributed by atoms with E-state index in [0.717, 1.165) is 6.42 Å². The van der Waals surface area contributed by atoms with E-state index >= 15 is 0 Å². The first-order valence-corrected chi connectivity index (χ1v) is 6.74. The molecule has 0 N–H and O–H groups in total. The molecule has 2 rings (SSSR count). The molecule has 2 fully saturated rings. The molecule has 0 spiro atoms. The van der Waals surface area contributed by atoms with E-state index in [-0.39, 0.29) is 46.7 Å². The normalized spacial score (nSPS) is 36.2. The minimum absolute atomic E-state index is 0. The van der Waals surface area contributed by atoms with Gasteiger partial charge in [0.1, 0.15) is 5.78 Å². The first-order chi connectivity index (χ1) is 6.69. The second-order valence-electron chi connectivity index (χ2n) is 5.37. The topological polar surface area (TPSA) is 74.3 Å². The van der Waals surface area contributed by atoms with Crippen molar-refractivity contribution in [2.75, 3.05) is 5.75 Å². The Balaban J connectivity index is 0.00000128. The number of hydrogen-bond donors (Lipinski definition) is 0. The van der Waals surface area contributed by atoms with Crippen LogP contribution >= 0.6 is 0 Å². The van der Waals surface area contributed by atoms with Gasteiger partial charge in [-0.25, -0.2) is 8.42 Å². The molecule has 86 valence electrons. The van der Waals surface area contributed by atoms with E-state index in [9.17, 15) is 17.8 Å². The Morgan fingerprint density at radius 2 is 2.00 bits per heavy atom. The van der Waals surface area contributed by atoms with Gasteiger partial charge in [0.15, 0.2) is 0 Å². The number of carbonyl (C=O) groups excluding carboxylic acids is 1. The summed E-state index contributed by atoms with van der Waals surface area (Å²) in [6.45, 7) is 3.83. The molecule has 0 radical (unpaired) electrons. The average Bonchev–Trinajstić information content (AvgIpc) is 2.34. The Bertz CT molecular complexity index is 415. The van der Waals surface area contributed by atoms with Crippen molar-refractivity contribution < 1.29 is 47.3 Å². The zero-order valence-corrected chi connectivity index (χ0v) is 12.8. The smallest absolute Gasteiger partial charge is 0.748 e. The summed E-state index contributed by atoms with van der Waals surface area (Å²) in [5.41, 5.74) is -1.22. The fraction of sp³-hybridized carbons (Fsp3) is 0.900. The molecule has 0 amide bonds. The van der Waals surface area contributed by atoms with Gasteiger partial charge in [0.2, 0.25) is 0 Å². The van der Waals surface area contributed by atoms with Crippen LogP contribution in [0.2, 0.25) is 0 Å². The molecule has 6 heteroatoms. The second kappa shape index (κ2) is 4.05. The van der Waals surface area contributed by atoms with E-state index in [2.05, 4.69) is 0 Å². The molecule has 0 aromatic heterocycles. The number of hydrogen-bond acceptors (Lipinski definition) is 4. The Morgan fingerprint density at radius 1 is 1.44 bits per heavy atom. The molecule has 2 atom stereocenters. The fourth-order valence-corrected chi connectivity index (χ4v) is 4.69. The van der Waals surface area contributed by atoms with Gasteiger partial charge in [0.05, 0.1) is 15.9 Å². The number of Topliss-reactive ketones (excluding diaryl/α,β-unsaturated/α-hetero) is 1. The number of rotatable bonds is 2.